The molecule has 2 aliphatic rings. The van der Waals surface area contributed by atoms with Crippen molar-refractivity contribution in [1.82, 2.24) is 20.9 Å². The first-order chi connectivity index (χ1) is 11.6. The lowest BCUT2D eigenvalue weighted by atomic mass is 10.0. The van der Waals surface area contributed by atoms with Crippen LogP contribution in [0.2, 0.25) is 0 Å². The molecule has 0 aromatic rings. The topological polar surface area (TPSA) is 78.0 Å². The predicted octanol–water partition coefficient (Wildman–Crippen LogP) is 0.652. The molecule has 1 heterocycles. The first-order valence-corrected chi connectivity index (χ1v) is 9.16. The molecule has 1 aliphatic carbocycles. The number of morpholine rings is 1. The molecule has 1 aliphatic heterocycles. The van der Waals surface area contributed by atoms with Crippen molar-refractivity contribution in [2.45, 2.75) is 32.7 Å². The SMILES string of the molecule is CN=C(NCCNC(=O)C1CC1)NCC(C(C)C)N1CCOCC1.I. The second-order valence-corrected chi connectivity index (χ2v) is 6.90. The van der Waals surface area contributed by atoms with Gasteiger partial charge in [0.2, 0.25) is 5.91 Å². The summed E-state index contributed by atoms with van der Waals surface area (Å²) in [5.74, 6) is 1.80. The van der Waals surface area contributed by atoms with E-state index >= 15 is 0 Å². The number of aliphatic imine (C=N–C) groups is 1. The summed E-state index contributed by atoms with van der Waals surface area (Å²) in [6.07, 6.45) is 2.08. The summed E-state index contributed by atoms with van der Waals surface area (Å²) in [6.45, 7) is 10.3. The molecule has 1 saturated carbocycles. The minimum Gasteiger partial charge on any atom is -0.379 e. The molecule has 2 rings (SSSR count). The van der Waals surface area contributed by atoms with E-state index in [1.54, 1.807) is 7.05 Å². The van der Waals surface area contributed by atoms with Gasteiger partial charge in [0, 0.05) is 51.7 Å². The van der Waals surface area contributed by atoms with Gasteiger partial charge in [0.1, 0.15) is 0 Å². The fourth-order valence-electron chi connectivity index (χ4n) is 2.97. The molecule has 8 heteroatoms. The van der Waals surface area contributed by atoms with E-state index in [2.05, 4.69) is 39.7 Å². The number of halogens is 1. The standard InChI is InChI=1S/C17H33N5O2.HI/c1-13(2)15(22-8-10-24-11-9-22)12-21-17(18-3)20-7-6-19-16(23)14-4-5-14;/h13-15H,4-12H2,1-3H3,(H,19,23)(H2,18,20,21);1H. The van der Waals surface area contributed by atoms with E-state index in [0.29, 0.717) is 25.0 Å². The van der Waals surface area contributed by atoms with Crippen LogP contribution in [-0.4, -0.2) is 75.8 Å². The maximum atomic E-state index is 11.6. The van der Waals surface area contributed by atoms with E-state index in [1.807, 2.05) is 0 Å². The van der Waals surface area contributed by atoms with Crippen molar-refractivity contribution in [2.75, 3.05) is 53.0 Å². The van der Waals surface area contributed by atoms with Crippen LogP contribution >= 0.6 is 24.0 Å². The zero-order valence-electron chi connectivity index (χ0n) is 15.7. The van der Waals surface area contributed by atoms with Crippen LogP contribution in [0.3, 0.4) is 0 Å². The van der Waals surface area contributed by atoms with Crippen molar-refractivity contribution in [3.8, 4) is 0 Å². The Morgan fingerprint density at radius 2 is 1.80 bits per heavy atom. The second-order valence-electron chi connectivity index (χ2n) is 6.90. The fraction of sp³-hybridized carbons (Fsp3) is 0.882. The Morgan fingerprint density at radius 3 is 2.36 bits per heavy atom. The number of hydrogen-bond acceptors (Lipinski definition) is 4. The quantitative estimate of drug-likeness (QED) is 0.212. The van der Waals surface area contributed by atoms with Gasteiger partial charge >= 0.3 is 0 Å². The van der Waals surface area contributed by atoms with Crippen LogP contribution < -0.4 is 16.0 Å². The zero-order valence-corrected chi connectivity index (χ0v) is 18.0. The van der Waals surface area contributed by atoms with Crippen LogP contribution in [0.1, 0.15) is 26.7 Å². The summed E-state index contributed by atoms with van der Waals surface area (Å²) in [7, 11) is 1.78. The van der Waals surface area contributed by atoms with E-state index < -0.39 is 0 Å². The van der Waals surface area contributed by atoms with Gasteiger partial charge in [-0.3, -0.25) is 14.7 Å². The van der Waals surface area contributed by atoms with Crippen molar-refractivity contribution in [3.05, 3.63) is 0 Å². The molecule has 1 atom stereocenters. The monoisotopic (exact) mass is 467 g/mol. The Morgan fingerprint density at radius 1 is 1.16 bits per heavy atom. The molecule has 1 amide bonds. The molecule has 3 N–H and O–H groups in total. The molecule has 25 heavy (non-hydrogen) atoms. The van der Waals surface area contributed by atoms with Crippen LogP contribution in [0.5, 0.6) is 0 Å². The van der Waals surface area contributed by atoms with Gasteiger partial charge in [-0.1, -0.05) is 13.8 Å². The van der Waals surface area contributed by atoms with Gasteiger partial charge in [0.15, 0.2) is 5.96 Å². The number of amides is 1. The van der Waals surface area contributed by atoms with E-state index in [-0.39, 0.29) is 35.8 Å². The fourth-order valence-corrected chi connectivity index (χ4v) is 2.97. The molecule has 0 spiro atoms. The Kier molecular flexibility index (Phi) is 10.7. The number of nitrogens with one attached hydrogen (secondary N) is 3. The van der Waals surface area contributed by atoms with Gasteiger partial charge in [-0.05, 0) is 18.8 Å². The second kappa shape index (κ2) is 11.9. The van der Waals surface area contributed by atoms with E-state index in [9.17, 15) is 4.79 Å². The maximum Gasteiger partial charge on any atom is 0.223 e. The molecular formula is C17H34IN5O2. The van der Waals surface area contributed by atoms with Gasteiger partial charge in [0.05, 0.1) is 13.2 Å². The van der Waals surface area contributed by atoms with Crippen LogP contribution in [0.4, 0.5) is 0 Å². The van der Waals surface area contributed by atoms with Crippen LogP contribution in [0, 0.1) is 11.8 Å². The highest BCUT2D eigenvalue weighted by Crippen LogP contribution is 2.28. The lowest BCUT2D eigenvalue weighted by molar-refractivity contribution is -0.122. The third-order valence-corrected chi connectivity index (χ3v) is 4.65. The summed E-state index contributed by atoms with van der Waals surface area (Å²) in [6, 6.07) is 0.460. The van der Waals surface area contributed by atoms with Gasteiger partial charge in [-0.25, -0.2) is 0 Å². The van der Waals surface area contributed by atoms with Crippen LogP contribution in [-0.2, 0) is 9.53 Å². The number of guanidine groups is 1. The Labute approximate surface area is 168 Å². The minimum atomic E-state index is 0. The molecule has 0 bridgehead atoms. The van der Waals surface area contributed by atoms with E-state index in [1.165, 1.54) is 0 Å². The largest absolute Gasteiger partial charge is 0.379 e. The third kappa shape index (κ3) is 8.08. The molecule has 0 aromatic carbocycles. The van der Waals surface area contributed by atoms with Crippen LogP contribution in [0.25, 0.3) is 0 Å². The molecule has 1 unspecified atom stereocenters. The molecule has 2 fully saturated rings. The van der Waals surface area contributed by atoms with Crippen LogP contribution in [0.15, 0.2) is 4.99 Å². The lowest BCUT2D eigenvalue weighted by Crippen LogP contribution is -2.53. The number of nitrogens with zero attached hydrogens (tertiary/aromatic N) is 2. The highest BCUT2D eigenvalue weighted by molar-refractivity contribution is 14.0. The number of carbonyl (C=O) groups is 1. The molecule has 1 saturated heterocycles. The molecular weight excluding hydrogens is 433 g/mol. The van der Waals surface area contributed by atoms with E-state index in [0.717, 1.165) is 51.6 Å². The predicted molar refractivity (Wildman–Crippen MR) is 112 cm³/mol. The van der Waals surface area contributed by atoms with Gasteiger partial charge in [-0.15, -0.1) is 24.0 Å². The number of hydrogen-bond donors (Lipinski definition) is 3. The maximum absolute atomic E-state index is 11.6. The number of ether oxygens (including phenoxy) is 1. The number of carbonyl (C=O) groups excluding carboxylic acids is 1. The summed E-state index contributed by atoms with van der Waals surface area (Å²) in [5, 5.41) is 9.63. The minimum absolute atomic E-state index is 0. The molecule has 0 radical (unpaired) electrons. The summed E-state index contributed by atoms with van der Waals surface area (Å²) in [5.41, 5.74) is 0. The molecule has 146 valence electrons. The first kappa shape index (κ1) is 22.4. The Balaban J connectivity index is 0.00000312. The first-order valence-electron chi connectivity index (χ1n) is 9.16. The van der Waals surface area contributed by atoms with Gasteiger partial charge in [0.25, 0.3) is 0 Å². The Bertz CT molecular complexity index is 423. The van der Waals surface area contributed by atoms with Crippen molar-refractivity contribution in [1.29, 1.82) is 0 Å². The number of rotatable bonds is 8. The smallest absolute Gasteiger partial charge is 0.223 e. The van der Waals surface area contributed by atoms with Gasteiger partial charge in [-0.2, -0.15) is 0 Å². The van der Waals surface area contributed by atoms with Crippen molar-refractivity contribution < 1.29 is 9.53 Å². The summed E-state index contributed by atoms with van der Waals surface area (Å²) >= 11 is 0. The third-order valence-electron chi connectivity index (χ3n) is 4.65. The Hall–Kier alpha value is -0.610. The normalized spacial score (nSPS) is 19.9. The lowest BCUT2D eigenvalue weighted by Gasteiger charge is -2.37. The van der Waals surface area contributed by atoms with Crippen molar-refractivity contribution in [3.63, 3.8) is 0 Å². The average Bonchev–Trinajstić information content (AvgIpc) is 3.42. The summed E-state index contributed by atoms with van der Waals surface area (Å²) < 4.78 is 5.45. The molecule has 7 nitrogen and oxygen atoms in total. The van der Waals surface area contributed by atoms with Crippen molar-refractivity contribution >= 4 is 35.8 Å². The molecule has 0 aromatic heterocycles. The van der Waals surface area contributed by atoms with E-state index in [4.69, 9.17) is 4.74 Å². The zero-order chi connectivity index (χ0) is 17.4. The average molecular weight is 467 g/mol. The van der Waals surface area contributed by atoms with Gasteiger partial charge < -0.3 is 20.7 Å². The van der Waals surface area contributed by atoms with Crippen molar-refractivity contribution in [2.24, 2.45) is 16.8 Å². The highest BCUT2D eigenvalue weighted by atomic mass is 127. The summed E-state index contributed by atoms with van der Waals surface area (Å²) in [4.78, 5) is 18.3. The highest BCUT2D eigenvalue weighted by Gasteiger charge is 2.29.